The van der Waals surface area contributed by atoms with Gasteiger partial charge in [0, 0.05) is 39.0 Å². The van der Waals surface area contributed by atoms with Crippen LogP contribution in [0.15, 0.2) is 47.2 Å². The van der Waals surface area contributed by atoms with E-state index in [0.717, 1.165) is 5.52 Å². The molecule has 1 amide bonds. The van der Waals surface area contributed by atoms with Crippen molar-refractivity contribution in [2.75, 3.05) is 20.3 Å². The summed E-state index contributed by atoms with van der Waals surface area (Å²) in [5.41, 5.74) is 1.95. The van der Waals surface area contributed by atoms with Crippen LogP contribution in [0.25, 0.3) is 11.1 Å². The van der Waals surface area contributed by atoms with Gasteiger partial charge in [0.2, 0.25) is 6.10 Å². The number of carbonyl (C=O) groups excluding carboxylic acids is 2. The smallest absolute Gasteiger partial charge is 0.356 e. The van der Waals surface area contributed by atoms with E-state index < -0.39 is 18.0 Å². The van der Waals surface area contributed by atoms with Crippen LogP contribution in [-0.4, -0.2) is 41.7 Å². The zero-order valence-electron chi connectivity index (χ0n) is 14.5. The molecule has 26 heavy (non-hydrogen) atoms. The van der Waals surface area contributed by atoms with E-state index in [2.05, 4.69) is 10.3 Å². The fraction of sp³-hybridized carbons (Fsp3) is 0.278. The number of pyridine rings is 1. The van der Waals surface area contributed by atoms with Crippen molar-refractivity contribution in [3.8, 4) is 0 Å². The van der Waals surface area contributed by atoms with Crippen LogP contribution in [0.4, 0.5) is 0 Å². The van der Waals surface area contributed by atoms with Crippen molar-refractivity contribution in [2.24, 2.45) is 7.05 Å². The minimum absolute atomic E-state index is 0.282. The van der Waals surface area contributed by atoms with Crippen LogP contribution < -0.4 is 5.32 Å². The first kappa shape index (κ1) is 17.7. The van der Waals surface area contributed by atoms with Crippen molar-refractivity contribution in [3.05, 3.63) is 54.2 Å². The summed E-state index contributed by atoms with van der Waals surface area (Å²) < 4.78 is 17.3. The fourth-order valence-electron chi connectivity index (χ4n) is 2.56. The van der Waals surface area contributed by atoms with Crippen molar-refractivity contribution < 1.29 is 23.5 Å². The highest BCUT2D eigenvalue weighted by Crippen LogP contribution is 2.23. The molecular formula is C18H19N3O5. The molecule has 0 saturated carbocycles. The van der Waals surface area contributed by atoms with Crippen LogP contribution in [0.3, 0.4) is 0 Å². The Balaban J connectivity index is 1.82. The van der Waals surface area contributed by atoms with Crippen molar-refractivity contribution in [3.63, 3.8) is 0 Å². The number of rotatable bonds is 7. The minimum Gasteiger partial charge on any atom is -0.463 e. The summed E-state index contributed by atoms with van der Waals surface area (Å²) in [5.74, 6) is -1.11. The third-order valence-electron chi connectivity index (χ3n) is 3.90. The molecule has 0 unspecified atom stereocenters. The lowest BCUT2D eigenvalue weighted by Gasteiger charge is -2.17. The molecule has 3 rings (SSSR count). The molecular weight excluding hydrogens is 338 g/mol. The van der Waals surface area contributed by atoms with Gasteiger partial charge in [0.1, 0.15) is 5.69 Å². The van der Waals surface area contributed by atoms with Crippen LogP contribution in [0.1, 0.15) is 22.3 Å². The molecule has 3 aromatic heterocycles. The third kappa shape index (κ3) is 3.60. The topological polar surface area (TPSA) is 95.6 Å². The lowest BCUT2D eigenvalue weighted by atomic mass is 10.2. The number of furan rings is 1. The molecule has 0 saturated heterocycles. The summed E-state index contributed by atoms with van der Waals surface area (Å²) in [7, 11) is 3.26. The molecule has 8 nitrogen and oxygen atoms in total. The molecule has 136 valence electrons. The molecule has 0 fully saturated rings. The van der Waals surface area contributed by atoms with E-state index in [9.17, 15) is 9.59 Å². The lowest BCUT2D eigenvalue weighted by Crippen LogP contribution is -2.34. The Bertz CT molecular complexity index is 900. The molecule has 0 aliphatic heterocycles. The quantitative estimate of drug-likeness (QED) is 0.512. The third-order valence-corrected chi connectivity index (χ3v) is 3.90. The highest BCUT2D eigenvalue weighted by molar-refractivity contribution is 5.95. The second-order valence-electron chi connectivity index (χ2n) is 5.58. The van der Waals surface area contributed by atoms with Gasteiger partial charge in [-0.05, 0) is 12.1 Å². The molecule has 1 N–H and O–H groups in total. The second kappa shape index (κ2) is 7.83. The van der Waals surface area contributed by atoms with Crippen LogP contribution in [0.2, 0.25) is 0 Å². The van der Waals surface area contributed by atoms with Crippen molar-refractivity contribution in [1.82, 2.24) is 14.9 Å². The van der Waals surface area contributed by atoms with E-state index in [4.69, 9.17) is 13.9 Å². The van der Waals surface area contributed by atoms with Gasteiger partial charge in [0.25, 0.3) is 5.91 Å². The second-order valence-corrected chi connectivity index (χ2v) is 5.58. The lowest BCUT2D eigenvalue weighted by molar-refractivity contribution is -0.130. The number of nitrogens with one attached hydrogen (secondary N) is 1. The maximum Gasteiger partial charge on any atom is 0.356 e. The van der Waals surface area contributed by atoms with Crippen LogP contribution in [0.5, 0.6) is 0 Å². The number of amides is 1. The first-order valence-electron chi connectivity index (χ1n) is 8.03. The van der Waals surface area contributed by atoms with Gasteiger partial charge in [-0.25, -0.2) is 4.79 Å². The van der Waals surface area contributed by atoms with E-state index in [-0.39, 0.29) is 5.69 Å². The number of hydrogen-bond donors (Lipinski definition) is 1. The minimum atomic E-state index is -1.17. The van der Waals surface area contributed by atoms with Gasteiger partial charge in [0.15, 0.2) is 5.58 Å². The number of carbonyl (C=O) groups is 2. The van der Waals surface area contributed by atoms with E-state index in [1.807, 2.05) is 0 Å². The Morgan fingerprint density at radius 3 is 2.88 bits per heavy atom. The van der Waals surface area contributed by atoms with Gasteiger partial charge in [-0.1, -0.05) is 6.07 Å². The number of hydrogen-bond acceptors (Lipinski definition) is 6. The van der Waals surface area contributed by atoms with E-state index in [0.29, 0.717) is 24.4 Å². The Labute approximate surface area is 149 Å². The van der Waals surface area contributed by atoms with E-state index in [1.54, 1.807) is 48.2 Å². The van der Waals surface area contributed by atoms with Crippen molar-refractivity contribution >= 4 is 23.0 Å². The monoisotopic (exact) mass is 357 g/mol. The fourth-order valence-corrected chi connectivity index (χ4v) is 2.56. The molecule has 0 radical (unpaired) electrons. The predicted molar refractivity (Wildman–Crippen MR) is 92.5 cm³/mol. The number of nitrogens with zero attached hydrogens (tertiary/aromatic N) is 2. The van der Waals surface area contributed by atoms with Gasteiger partial charge in [-0.2, -0.15) is 0 Å². The number of aromatic nitrogens is 2. The zero-order chi connectivity index (χ0) is 18.5. The Morgan fingerprint density at radius 1 is 1.35 bits per heavy atom. The first-order valence-corrected chi connectivity index (χ1v) is 8.03. The number of fused-ring (bicyclic) bond motifs is 1. The summed E-state index contributed by atoms with van der Waals surface area (Å²) in [5, 5.41) is 2.67. The molecule has 3 aromatic rings. The van der Waals surface area contributed by atoms with Gasteiger partial charge in [-0.15, -0.1) is 0 Å². The largest absolute Gasteiger partial charge is 0.463 e. The average molecular weight is 357 g/mol. The Kier molecular flexibility index (Phi) is 5.33. The summed E-state index contributed by atoms with van der Waals surface area (Å²) >= 11 is 0. The highest BCUT2D eigenvalue weighted by atomic mass is 16.5. The van der Waals surface area contributed by atoms with Crippen LogP contribution in [0, 0.1) is 0 Å². The van der Waals surface area contributed by atoms with Gasteiger partial charge < -0.3 is 23.8 Å². The van der Waals surface area contributed by atoms with E-state index >= 15 is 0 Å². The standard InChI is InChI=1S/C18H19N3O5/c1-21-13-6-9-25-15(13)11-14(21)18(23)26-16(12-5-3-4-7-19-12)17(22)20-8-10-24-2/h3-7,9,11,16H,8,10H2,1-2H3,(H,20,22)/t16-/m1/s1. The van der Waals surface area contributed by atoms with Gasteiger partial charge in [-0.3, -0.25) is 9.78 Å². The molecule has 0 spiro atoms. The molecule has 3 heterocycles. The maximum atomic E-state index is 12.6. The predicted octanol–water partition coefficient (Wildman–Crippen LogP) is 1.83. The van der Waals surface area contributed by atoms with Crippen LogP contribution >= 0.6 is 0 Å². The summed E-state index contributed by atoms with van der Waals surface area (Å²) in [6, 6.07) is 8.40. The number of ether oxygens (including phenoxy) is 2. The molecule has 0 bridgehead atoms. The maximum absolute atomic E-state index is 12.6. The molecule has 0 aliphatic carbocycles. The summed E-state index contributed by atoms with van der Waals surface area (Å²) in [6.45, 7) is 0.649. The van der Waals surface area contributed by atoms with Crippen molar-refractivity contribution in [2.45, 2.75) is 6.10 Å². The van der Waals surface area contributed by atoms with Gasteiger partial charge >= 0.3 is 5.97 Å². The van der Waals surface area contributed by atoms with E-state index in [1.165, 1.54) is 13.3 Å². The normalized spacial score (nSPS) is 12.1. The number of methoxy groups -OCH3 is 1. The average Bonchev–Trinajstić information content (AvgIpc) is 3.23. The SMILES string of the molecule is COCCNC(=O)[C@H](OC(=O)c1cc2occc2n1C)c1ccccn1. The summed E-state index contributed by atoms with van der Waals surface area (Å²) in [4.78, 5) is 29.3. The highest BCUT2D eigenvalue weighted by Gasteiger charge is 2.28. The number of esters is 1. The molecule has 1 atom stereocenters. The Hall–Kier alpha value is -3.13. The van der Waals surface area contributed by atoms with Gasteiger partial charge in [0.05, 0.1) is 24.1 Å². The Morgan fingerprint density at radius 2 is 2.19 bits per heavy atom. The number of aryl methyl sites for hydroxylation is 1. The molecule has 8 heteroatoms. The zero-order valence-corrected chi connectivity index (χ0v) is 14.5. The molecule has 0 aliphatic rings. The van der Waals surface area contributed by atoms with Crippen LogP contribution in [-0.2, 0) is 21.3 Å². The first-order chi connectivity index (χ1) is 12.6. The molecule has 0 aromatic carbocycles. The summed E-state index contributed by atoms with van der Waals surface area (Å²) in [6.07, 6.45) is 1.91. The van der Waals surface area contributed by atoms with Crippen molar-refractivity contribution in [1.29, 1.82) is 0 Å².